The highest BCUT2D eigenvalue weighted by Gasteiger charge is 2.31. The number of amides is 3. The van der Waals surface area contributed by atoms with Crippen LogP contribution in [0.3, 0.4) is 0 Å². The summed E-state index contributed by atoms with van der Waals surface area (Å²) in [5.41, 5.74) is 17.9. The molecule has 12 aromatic rings. The highest BCUT2D eigenvalue weighted by atomic mass is 16.2. The van der Waals surface area contributed by atoms with Crippen molar-refractivity contribution in [2.75, 3.05) is 116 Å². The van der Waals surface area contributed by atoms with Crippen molar-refractivity contribution in [2.24, 2.45) is 0 Å². The summed E-state index contributed by atoms with van der Waals surface area (Å²) in [6, 6.07) is 35.7. The lowest BCUT2D eigenvalue weighted by atomic mass is 9.99. The van der Waals surface area contributed by atoms with Crippen LogP contribution in [-0.2, 0) is 19.6 Å². The van der Waals surface area contributed by atoms with Gasteiger partial charge in [0.1, 0.15) is 23.1 Å². The van der Waals surface area contributed by atoms with E-state index in [1.165, 1.54) is 0 Å². The molecule has 6 aliphatic rings. The zero-order chi connectivity index (χ0) is 66.2. The summed E-state index contributed by atoms with van der Waals surface area (Å²) in [7, 11) is 2.15. The molecule has 0 saturated carbocycles. The molecule has 15 heterocycles. The molecule has 0 aliphatic carbocycles. The number of carbonyl (C=O) groups is 3. The monoisotopic (exact) mass is 1310 g/mol. The molecular formula is C72H71N23O3. The van der Waals surface area contributed by atoms with Crippen LogP contribution in [0.25, 0.3) is 51.0 Å². The summed E-state index contributed by atoms with van der Waals surface area (Å²) >= 11 is 0. The number of imidazole rings is 2. The van der Waals surface area contributed by atoms with Gasteiger partial charge < -0.3 is 62.1 Å². The summed E-state index contributed by atoms with van der Waals surface area (Å²) in [6.07, 6.45) is 17.0. The molecule has 0 bridgehead atoms. The van der Waals surface area contributed by atoms with Crippen LogP contribution < -0.4 is 57.2 Å². The second-order valence-corrected chi connectivity index (χ2v) is 24.9. The van der Waals surface area contributed by atoms with Gasteiger partial charge >= 0.3 is 0 Å². The fraction of sp³-hybridized carbons (Fsp3) is 0.236. The van der Waals surface area contributed by atoms with Crippen molar-refractivity contribution in [3.05, 3.63) is 204 Å². The lowest BCUT2D eigenvalue weighted by Gasteiger charge is -2.33. The van der Waals surface area contributed by atoms with E-state index in [1.54, 1.807) is 12.4 Å². The molecule has 9 aromatic heterocycles. The van der Waals surface area contributed by atoms with E-state index < -0.39 is 0 Å². The number of aromatic nitrogens is 11. The minimum atomic E-state index is -0.0998. The van der Waals surface area contributed by atoms with Crippen LogP contribution in [0, 0.1) is 6.92 Å². The van der Waals surface area contributed by atoms with Gasteiger partial charge in [-0.1, -0.05) is 24.3 Å². The molecule has 18 rings (SSSR count). The number of hydrogen-bond donors (Lipinski definition) is 8. The molecule has 98 heavy (non-hydrogen) atoms. The molecular weight excluding hydrogens is 1230 g/mol. The molecule has 8 N–H and O–H groups in total. The molecule has 6 aliphatic heterocycles. The molecule has 26 nitrogen and oxygen atoms in total. The van der Waals surface area contributed by atoms with Gasteiger partial charge in [-0.2, -0.15) is 0 Å². The SMILES string of the molecule is CN1CCN(c2ccc(Nc3ccc(-c4nnc5ccccn45)c4c3C(=O)NC4)nc2)CC1.Cc1ccc2ncc(-c3ccc(Nc4ccc(N5CCNCC5)cn4)c4c3CNC4=O)n2c1.O=C1NCc2c(-c3cnc4ncccn34)ccc(Nc3ccc(N4CCNCC4)cn3)c21. The molecule has 3 fully saturated rings. The van der Waals surface area contributed by atoms with Crippen LogP contribution >= 0.6 is 0 Å². The Morgan fingerprint density at radius 1 is 0.418 bits per heavy atom. The number of fused-ring (bicyclic) bond motifs is 6. The summed E-state index contributed by atoms with van der Waals surface area (Å²) in [5, 5.41) is 34.3. The second-order valence-electron chi connectivity index (χ2n) is 24.9. The maximum Gasteiger partial charge on any atom is 0.254 e. The van der Waals surface area contributed by atoms with Crippen molar-refractivity contribution in [3.8, 4) is 33.9 Å². The van der Waals surface area contributed by atoms with Gasteiger partial charge in [-0.05, 0) is 121 Å². The van der Waals surface area contributed by atoms with Crippen LogP contribution in [0.4, 0.5) is 51.6 Å². The first-order valence-corrected chi connectivity index (χ1v) is 33.0. The third kappa shape index (κ3) is 12.0. The van der Waals surface area contributed by atoms with E-state index in [9.17, 15) is 14.4 Å². The number of hydrogen-bond acceptors (Lipinski definition) is 20. The first-order valence-electron chi connectivity index (χ1n) is 33.0. The molecule has 3 aromatic carbocycles. The van der Waals surface area contributed by atoms with Gasteiger partial charge in [0.2, 0.25) is 5.78 Å². The smallest absolute Gasteiger partial charge is 0.254 e. The summed E-state index contributed by atoms with van der Waals surface area (Å²) < 4.78 is 5.95. The van der Waals surface area contributed by atoms with Crippen LogP contribution in [0.15, 0.2) is 165 Å². The Labute approximate surface area is 563 Å². The minimum absolute atomic E-state index is 0.0724. The zero-order valence-corrected chi connectivity index (χ0v) is 54.1. The predicted molar refractivity (Wildman–Crippen MR) is 378 cm³/mol. The van der Waals surface area contributed by atoms with E-state index in [-0.39, 0.29) is 17.7 Å². The number of likely N-dealkylation sites (N-methyl/N-ethyl adjacent to an activating group) is 1. The highest BCUT2D eigenvalue weighted by Crippen LogP contribution is 2.39. The normalized spacial score (nSPS) is 15.8. The molecule has 3 saturated heterocycles. The molecule has 492 valence electrons. The van der Waals surface area contributed by atoms with E-state index >= 15 is 0 Å². The molecule has 26 heteroatoms. The van der Waals surface area contributed by atoms with Crippen molar-refractivity contribution < 1.29 is 14.4 Å². The first-order chi connectivity index (χ1) is 48.1. The maximum atomic E-state index is 12.8. The van der Waals surface area contributed by atoms with Gasteiger partial charge in [-0.15, -0.1) is 10.2 Å². The zero-order valence-electron chi connectivity index (χ0n) is 54.1. The Balaban J connectivity index is 0.000000115. The highest BCUT2D eigenvalue weighted by molar-refractivity contribution is 6.08. The largest absolute Gasteiger partial charge is 0.368 e. The average Bonchev–Trinajstić information content (AvgIpc) is 1.61. The summed E-state index contributed by atoms with van der Waals surface area (Å²) in [6.45, 7) is 15.4. The van der Waals surface area contributed by atoms with Gasteiger partial charge in [0.05, 0.1) is 93.2 Å². The molecule has 0 atom stereocenters. The lowest BCUT2D eigenvalue weighted by Crippen LogP contribution is -2.44. The Kier molecular flexibility index (Phi) is 16.4. The number of rotatable bonds is 12. The van der Waals surface area contributed by atoms with E-state index in [4.69, 9.17) is 0 Å². The predicted octanol–water partition coefficient (Wildman–Crippen LogP) is 7.82. The fourth-order valence-corrected chi connectivity index (χ4v) is 13.6. The Morgan fingerprint density at radius 2 is 0.908 bits per heavy atom. The van der Waals surface area contributed by atoms with Crippen molar-refractivity contribution in [1.82, 2.24) is 84.8 Å². The third-order valence-corrected chi connectivity index (χ3v) is 18.8. The van der Waals surface area contributed by atoms with Crippen molar-refractivity contribution >= 4 is 86.4 Å². The number of anilines is 9. The number of piperazine rings is 3. The van der Waals surface area contributed by atoms with Gasteiger partial charge in [-0.3, -0.25) is 27.6 Å². The summed E-state index contributed by atoms with van der Waals surface area (Å²) in [5.74, 6) is 3.22. The van der Waals surface area contributed by atoms with Crippen LogP contribution in [-0.4, -0.2) is 162 Å². The number of aryl methyl sites for hydroxylation is 1. The van der Waals surface area contributed by atoms with E-state index in [0.29, 0.717) is 59.6 Å². The molecule has 0 unspecified atom stereocenters. The first kappa shape index (κ1) is 61.0. The molecule has 3 amide bonds. The van der Waals surface area contributed by atoms with Crippen LogP contribution in [0.5, 0.6) is 0 Å². The quantitative estimate of drug-likeness (QED) is 0.0579. The van der Waals surface area contributed by atoms with Crippen molar-refractivity contribution in [3.63, 3.8) is 0 Å². The number of nitrogens with one attached hydrogen (secondary N) is 8. The van der Waals surface area contributed by atoms with Gasteiger partial charge in [0, 0.05) is 140 Å². The van der Waals surface area contributed by atoms with Gasteiger partial charge in [0.15, 0.2) is 11.5 Å². The van der Waals surface area contributed by atoms with Gasteiger partial charge in [0.25, 0.3) is 17.7 Å². The van der Waals surface area contributed by atoms with Crippen LogP contribution in [0.1, 0.15) is 53.3 Å². The Bertz CT molecular complexity index is 4990. The fourth-order valence-electron chi connectivity index (χ4n) is 13.6. The van der Waals surface area contributed by atoms with Gasteiger partial charge in [-0.25, -0.2) is 29.9 Å². The second kappa shape index (κ2) is 26.4. The van der Waals surface area contributed by atoms with Crippen molar-refractivity contribution in [1.29, 1.82) is 0 Å². The van der Waals surface area contributed by atoms with Crippen LogP contribution in [0.2, 0.25) is 0 Å². The number of pyridine rings is 5. The van der Waals surface area contributed by atoms with E-state index in [2.05, 4.69) is 157 Å². The molecule has 0 spiro atoms. The number of carbonyl (C=O) groups excluding carboxylic acids is 3. The number of benzene rings is 3. The van der Waals surface area contributed by atoms with E-state index in [0.717, 1.165) is 180 Å². The average molecular weight is 1310 g/mol. The van der Waals surface area contributed by atoms with Crippen molar-refractivity contribution in [2.45, 2.75) is 26.6 Å². The Hall–Kier alpha value is -11.9. The Morgan fingerprint density at radius 3 is 1.44 bits per heavy atom. The standard InChI is InChI=1S/C25H25N7O.C24H24N8O.C23H22N8O/c1-16-2-7-23-28-14-21(32(23)15-16)18-4-5-20(24-19(18)13-29-25(24)33)30-22-6-3-17(12-27-22)31-10-8-26-9-11-31;1-30-10-12-31(13-11-30)16-5-8-20(25-14-16)27-19-7-6-17(18-15-26-24(33)22(18)19)23-29-28-21-4-2-3-9-32(21)23;32-22-21-17(13-27-22)16(19-14-28-23-25-6-1-9-31(19)23)3-4-18(21)29-20-5-2-15(12-26-20)30-10-7-24-8-11-30/h2-7,12,14-15,26H,8-11,13H2,1H3,(H,27,30)(H,29,33);2-9,14H,10-13,15H2,1H3,(H,25,27)(H,26,33);1-6,9,12,14,24H,7-8,10-11,13H2,(H,26,29)(H,27,32). The third-order valence-electron chi connectivity index (χ3n) is 18.8. The minimum Gasteiger partial charge on any atom is -0.368 e. The topological polar surface area (TPSA) is 277 Å². The maximum absolute atomic E-state index is 12.8. The molecule has 0 radical (unpaired) electrons. The lowest BCUT2D eigenvalue weighted by molar-refractivity contribution is 0.0958. The van der Waals surface area contributed by atoms with E-state index in [1.807, 2.05) is 125 Å². The summed E-state index contributed by atoms with van der Waals surface area (Å²) in [4.78, 5) is 74.5. The number of nitrogens with zero attached hydrogens (tertiary/aromatic N) is 15.